The molecule has 1 saturated heterocycles. The van der Waals surface area contributed by atoms with Crippen LogP contribution in [-0.4, -0.2) is 64.4 Å². The van der Waals surface area contributed by atoms with Crippen LogP contribution in [0.4, 0.5) is 5.95 Å². The molecule has 0 atom stereocenters. The van der Waals surface area contributed by atoms with E-state index in [0.717, 1.165) is 81.6 Å². The number of fused-ring (bicyclic) bond motifs is 2. The van der Waals surface area contributed by atoms with E-state index >= 15 is 0 Å². The van der Waals surface area contributed by atoms with E-state index in [2.05, 4.69) is 19.4 Å². The minimum atomic E-state index is -0.0679. The van der Waals surface area contributed by atoms with Crippen LogP contribution in [0.2, 0.25) is 0 Å². The third kappa shape index (κ3) is 3.55. The average molecular weight is 437 g/mol. The van der Waals surface area contributed by atoms with E-state index in [9.17, 15) is 4.79 Å². The van der Waals surface area contributed by atoms with Gasteiger partial charge in [0.1, 0.15) is 11.6 Å². The van der Waals surface area contributed by atoms with Crippen molar-refractivity contribution in [2.75, 3.05) is 44.9 Å². The highest BCUT2D eigenvalue weighted by Crippen LogP contribution is 2.43. The molecule has 1 saturated carbocycles. The zero-order chi connectivity index (χ0) is 21.7. The summed E-state index contributed by atoms with van der Waals surface area (Å²) in [7, 11) is 1.66. The van der Waals surface area contributed by atoms with Crippen molar-refractivity contribution in [3.63, 3.8) is 0 Å². The Balaban J connectivity index is 1.28. The van der Waals surface area contributed by atoms with Crippen molar-refractivity contribution in [3.8, 4) is 5.75 Å². The average Bonchev–Trinajstić information content (AvgIpc) is 3.60. The zero-order valence-corrected chi connectivity index (χ0v) is 18.3. The fraction of sp³-hybridized carbons (Fsp3) is 0.522. The molecule has 0 spiro atoms. The van der Waals surface area contributed by atoms with Crippen molar-refractivity contribution in [1.29, 1.82) is 0 Å². The van der Waals surface area contributed by atoms with Crippen LogP contribution in [0.15, 0.2) is 23.1 Å². The Labute approximate surface area is 186 Å². The molecule has 6 rings (SSSR count). The largest absolute Gasteiger partial charge is 0.497 e. The topological polar surface area (TPSA) is 88.5 Å². The summed E-state index contributed by atoms with van der Waals surface area (Å²) in [6.07, 6.45) is 4.19. The smallest absolute Gasteiger partial charge is 0.260 e. The Hall–Kier alpha value is -2.91. The molecule has 0 amide bonds. The van der Waals surface area contributed by atoms with Gasteiger partial charge in [-0.1, -0.05) is 0 Å². The van der Waals surface area contributed by atoms with Gasteiger partial charge in [0, 0.05) is 32.2 Å². The summed E-state index contributed by atoms with van der Waals surface area (Å²) in [4.78, 5) is 30.2. The highest BCUT2D eigenvalue weighted by Gasteiger charge is 2.29. The van der Waals surface area contributed by atoms with Crippen LogP contribution in [-0.2, 0) is 24.4 Å². The molecule has 2 aromatic heterocycles. The third-order valence-corrected chi connectivity index (χ3v) is 6.79. The SMILES string of the molecule is COc1cc(C2CC2)c2c(=O)[nH]c(N3CCn4c(cnc4CN4CCOCC4)C3)nc2c1. The predicted octanol–water partition coefficient (Wildman–Crippen LogP) is 1.86. The van der Waals surface area contributed by atoms with Gasteiger partial charge in [-0.2, -0.15) is 0 Å². The molecule has 9 heteroatoms. The van der Waals surface area contributed by atoms with Crippen LogP contribution in [0, 0.1) is 0 Å². The van der Waals surface area contributed by atoms with Gasteiger partial charge in [-0.15, -0.1) is 0 Å². The van der Waals surface area contributed by atoms with Gasteiger partial charge in [0.25, 0.3) is 5.56 Å². The van der Waals surface area contributed by atoms with Crippen molar-refractivity contribution in [2.45, 2.75) is 38.4 Å². The minimum absolute atomic E-state index is 0.0679. The number of aromatic nitrogens is 4. The van der Waals surface area contributed by atoms with Gasteiger partial charge in [0.05, 0.1) is 56.2 Å². The molecule has 1 aliphatic carbocycles. The number of anilines is 1. The highest BCUT2D eigenvalue weighted by molar-refractivity contribution is 5.85. The number of aromatic amines is 1. The number of hydrogen-bond donors (Lipinski definition) is 1. The molecule has 2 fully saturated rings. The van der Waals surface area contributed by atoms with E-state index in [-0.39, 0.29) is 5.56 Å². The summed E-state index contributed by atoms with van der Waals surface area (Å²) in [6.45, 7) is 6.58. The Morgan fingerprint density at radius 2 is 2.03 bits per heavy atom. The summed E-state index contributed by atoms with van der Waals surface area (Å²) in [6, 6.07) is 3.86. The van der Waals surface area contributed by atoms with Crippen LogP contribution in [0.5, 0.6) is 5.75 Å². The first kappa shape index (κ1) is 19.8. The van der Waals surface area contributed by atoms with E-state index in [1.54, 1.807) is 7.11 Å². The molecule has 0 radical (unpaired) electrons. The summed E-state index contributed by atoms with van der Waals surface area (Å²) < 4.78 is 13.2. The maximum atomic E-state index is 13.1. The summed E-state index contributed by atoms with van der Waals surface area (Å²) in [5.74, 6) is 2.91. The third-order valence-electron chi connectivity index (χ3n) is 6.79. The number of nitrogens with zero attached hydrogens (tertiary/aromatic N) is 5. The lowest BCUT2D eigenvalue weighted by Gasteiger charge is -2.31. The Morgan fingerprint density at radius 1 is 1.19 bits per heavy atom. The standard InChI is InChI=1S/C23H28N6O3/c1-31-17-10-18(15-2-3-15)21-19(11-17)25-23(26-22(21)30)28-4-5-29-16(13-28)12-24-20(29)14-27-6-8-32-9-7-27/h10-12,15H,2-9,13-14H2,1H3,(H,25,26,30). The summed E-state index contributed by atoms with van der Waals surface area (Å²) in [5, 5.41) is 0.701. The number of hydrogen-bond acceptors (Lipinski definition) is 7. The Kier molecular flexibility index (Phi) is 4.87. The van der Waals surface area contributed by atoms with Crippen LogP contribution in [0.3, 0.4) is 0 Å². The predicted molar refractivity (Wildman–Crippen MR) is 120 cm³/mol. The molecule has 1 N–H and O–H groups in total. The van der Waals surface area contributed by atoms with Crippen LogP contribution in [0.25, 0.3) is 10.9 Å². The van der Waals surface area contributed by atoms with Crippen molar-refractivity contribution >= 4 is 16.9 Å². The summed E-state index contributed by atoms with van der Waals surface area (Å²) >= 11 is 0. The second-order valence-corrected chi connectivity index (χ2v) is 8.90. The number of methoxy groups -OCH3 is 1. The number of imidazole rings is 1. The van der Waals surface area contributed by atoms with Crippen molar-refractivity contribution in [3.05, 3.63) is 45.8 Å². The molecule has 0 bridgehead atoms. The van der Waals surface area contributed by atoms with E-state index < -0.39 is 0 Å². The number of H-pyrrole nitrogens is 1. The van der Waals surface area contributed by atoms with E-state index in [1.807, 2.05) is 18.3 Å². The molecular formula is C23H28N6O3. The highest BCUT2D eigenvalue weighted by atomic mass is 16.5. The minimum Gasteiger partial charge on any atom is -0.497 e. The second-order valence-electron chi connectivity index (χ2n) is 8.90. The maximum Gasteiger partial charge on any atom is 0.260 e. The van der Waals surface area contributed by atoms with Crippen LogP contribution >= 0.6 is 0 Å². The van der Waals surface area contributed by atoms with Crippen molar-refractivity contribution < 1.29 is 9.47 Å². The fourth-order valence-corrected chi connectivity index (χ4v) is 4.86. The molecule has 3 aliphatic rings. The normalized spacial score (nSPS) is 19.3. The fourth-order valence-electron chi connectivity index (χ4n) is 4.86. The van der Waals surface area contributed by atoms with Crippen LogP contribution < -0.4 is 15.2 Å². The lowest BCUT2D eigenvalue weighted by Crippen LogP contribution is -2.38. The van der Waals surface area contributed by atoms with Gasteiger partial charge in [0.2, 0.25) is 5.95 Å². The second kappa shape index (κ2) is 7.90. The first-order valence-electron chi connectivity index (χ1n) is 11.4. The van der Waals surface area contributed by atoms with Gasteiger partial charge < -0.3 is 18.9 Å². The van der Waals surface area contributed by atoms with E-state index in [1.165, 1.54) is 0 Å². The lowest BCUT2D eigenvalue weighted by atomic mass is 10.0. The number of nitrogens with one attached hydrogen (secondary N) is 1. The molecule has 3 aromatic rings. The number of rotatable bonds is 5. The number of morpholine rings is 1. The van der Waals surface area contributed by atoms with Gasteiger partial charge in [-0.3, -0.25) is 14.7 Å². The van der Waals surface area contributed by atoms with Gasteiger partial charge >= 0.3 is 0 Å². The first-order chi connectivity index (χ1) is 15.7. The monoisotopic (exact) mass is 436 g/mol. The van der Waals surface area contributed by atoms with Gasteiger partial charge in [-0.05, 0) is 30.4 Å². The first-order valence-corrected chi connectivity index (χ1v) is 11.4. The molecule has 9 nitrogen and oxygen atoms in total. The molecule has 4 heterocycles. The Morgan fingerprint density at radius 3 is 2.81 bits per heavy atom. The molecular weight excluding hydrogens is 408 g/mol. The quantitative estimate of drug-likeness (QED) is 0.653. The molecule has 0 unspecified atom stereocenters. The molecule has 1 aromatic carbocycles. The van der Waals surface area contributed by atoms with Gasteiger partial charge in [0.15, 0.2) is 0 Å². The Bertz CT molecular complexity index is 1210. The molecule has 168 valence electrons. The van der Waals surface area contributed by atoms with E-state index in [0.29, 0.717) is 29.3 Å². The van der Waals surface area contributed by atoms with Crippen molar-refractivity contribution in [1.82, 2.24) is 24.4 Å². The molecule has 2 aliphatic heterocycles. The zero-order valence-electron chi connectivity index (χ0n) is 18.3. The van der Waals surface area contributed by atoms with E-state index in [4.69, 9.17) is 19.4 Å². The maximum absolute atomic E-state index is 13.1. The van der Waals surface area contributed by atoms with Crippen LogP contribution in [0.1, 0.15) is 35.8 Å². The molecule has 32 heavy (non-hydrogen) atoms. The number of ether oxygens (including phenoxy) is 2. The van der Waals surface area contributed by atoms with Gasteiger partial charge in [-0.25, -0.2) is 9.97 Å². The lowest BCUT2D eigenvalue weighted by molar-refractivity contribution is 0.0325. The number of benzene rings is 1. The van der Waals surface area contributed by atoms with Crippen molar-refractivity contribution in [2.24, 2.45) is 0 Å². The summed E-state index contributed by atoms with van der Waals surface area (Å²) in [5.41, 5.74) is 2.84.